The first-order valence-electron chi connectivity index (χ1n) is 6.94. The number of aliphatic hydroxyl groups excluding tert-OH is 1. The fraction of sp³-hybridized carbons (Fsp3) is 0.438. The van der Waals surface area contributed by atoms with Gasteiger partial charge in [-0.15, -0.1) is 6.58 Å². The van der Waals surface area contributed by atoms with Gasteiger partial charge in [0.05, 0.1) is 13.2 Å². The molecule has 0 saturated carbocycles. The summed E-state index contributed by atoms with van der Waals surface area (Å²) in [6, 6.07) is 8.73. The van der Waals surface area contributed by atoms with Crippen molar-refractivity contribution in [3.63, 3.8) is 0 Å². The van der Waals surface area contributed by atoms with E-state index >= 15 is 0 Å². The van der Waals surface area contributed by atoms with Crippen LogP contribution in [0.25, 0.3) is 0 Å². The maximum atomic E-state index is 12.1. The third kappa shape index (κ3) is 5.97. The smallest absolute Gasteiger partial charge is 0.434 e. The first-order chi connectivity index (χ1) is 10.1. The largest absolute Gasteiger partial charge is 0.443 e. The van der Waals surface area contributed by atoms with Gasteiger partial charge < -0.3 is 9.84 Å². The number of hydrogen-bond donors (Lipinski definition) is 1. The van der Waals surface area contributed by atoms with Crippen LogP contribution in [0.15, 0.2) is 43.0 Å². The van der Waals surface area contributed by atoms with Crippen molar-refractivity contribution in [3.05, 3.63) is 48.6 Å². The first kappa shape index (κ1) is 17.2. The summed E-state index contributed by atoms with van der Waals surface area (Å²) < 4.78 is 5.21. The highest BCUT2D eigenvalue weighted by Crippen LogP contribution is 2.09. The predicted molar refractivity (Wildman–Crippen MR) is 80.3 cm³/mol. The molecule has 0 unspecified atom stereocenters. The second-order valence-corrected chi connectivity index (χ2v) is 5.04. The highest BCUT2D eigenvalue weighted by Gasteiger charge is 2.24. The Morgan fingerprint density at radius 2 is 2.05 bits per heavy atom. The maximum Gasteiger partial charge on any atom is 0.434 e. The van der Waals surface area contributed by atoms with Crippen molar-refractivity contribution in [2.45, 2.75) is 26.5 Å². The van der Waals surface area contributed by atoms with Gasteiger partial charge >= 0.3 is 6.09 Å². The normalized spacial score (nSPS) is 12.0. The van der Waals surface area contributed by atoms with E-state index in [2.05, 4.69) is 6.58 Å². The van der Waals surface area contributed by atoms with Crippen LogP contribution in [0.2, 0.25) is 0 Å². The quantitative estimate of drug-likeness (QED) is 0.591. The van der Waals surface area contributed by atoms with E-state index in [0.717, 1.165) is 10.6 Å². The molecule has 21 heavy (non-hydrogen) atoms. The summed E-state index contributed by atoms with van der Waals surface area (Å²) in [6.45, 7) is 7.75. The molecule has 1 rings (SSSR count). The number of hydroxylamine groups is 2. The Kier molecular flexibility index (Phi) is 7.50. The lowest BCUT2D eigenvalue weighted by atomic mass is 10.2. The van der Waals surface area contributed by atoms with Gasteiger partial charge in [0.2, 0.25) is 0 Å². The SMILES string of the molecule is C=C[C@@H](CO)N(OCC(C)C)C(=O)OCc1ccccc1. The number of ether oxygens (including phenoxy) is 1. The molecule has 1 aromatic rings. The molecular weight excluding hydrogens is 270 g/mol. The van der Waals surface area contributed by atoms with Crippen LogP contribution in [-0.2, 0) is 16.2 Å². The maximum absolute atomic E-state index is 12.1. The number of carbonyl (C=O) groups excluding carboxylic acids is 1. The Morgan fingerprint density at radius 3 is 2.57 bits per heavy atom. The van der Waals surface area contributed by atoms with E-state index in [1.807, 2.05) is 44.2 Å². The Labute approximate surface area is 125 Å². The number of rotatable bonds is 8. The Bertz CT molecular complexity index is 433. The number of nitrogens with zero attached hydrogens (tertiary/aromatic N) is 1. The van der Waals surface area contributed by atoms with E-state index in [9.17, 15) is 9.90 Å². The van der Waals surface area contributed by atoms with E-state index in [0.29, 0.717) is 6.61 Å². The number of amides is 1. The molecule has 116 valence electrons. The fourth-order valence-corrected chi connectivity index (χ4v) is 1.54. The minimum absolute atomic E-state index is 0.149. The third-order valence-electron chi connectivity index (χ3n) is 2.69. The zero-order valence-electron chi connectivity index (χ0n) is 12.6. The van der Waals surface area contributed by atoms with Crippen LogP contribution in [0, 0.1) is 5.92 Å². The van der Waals surface area contributed by atoms with Gasteiger partial charge in [-0.3, -0.25) is 4.84 Å². The molecule has 0 bridgehead atoms. The number of carbonyl (C=O) groups is 1. The number of aliphatic hydroxyl groups is 1. The molecule has 0 heterocycles. The van der Waals surface area contributed by atoms with Crippen molar-refractivity contribution in [1.82, 2.24) is 5.06 Å². The zero-order valence-corrected chi connectivity index (χ0v) is 12.6. The van der Waals surface area contributed by atoms with Gasteiger partial charge in [0, 0.05) is 0 Å². The average molecular weight is 293 g/mol. The molecule has 0 aliphatic heterocycles. The Morgan fingerprint density at radius 1 is 1.38 bits per heavy atom. The van der Waals surface area contributed by atoms with Crippen molar-refractivity contribution in [3.8, 4) is 0 Å². The minimum Gasteiger partial charge on any atom is -0.443 e. The zero-order chi connectivity index (χ0) is 15.7. The summed E-state index contributed by atoms with van der Waals surface area (Å²) in [6.07, 6.45) is 0.808. The molecule has 0 fully saturated rings. The summed E-state index contributed by atoms with van der Waals surface area (Å²) in [4.78, 5) is 17.5. The van der Waals surface area contributed by atoms with E-state index in [4.69, 9.17) is 9.57 Å². The standard InChI is InChI=1S/C16H23NO4/c1-4-15(10-18)17(21-11-13(2)3)16(19)20-12-14-8-6-5-7-9-14/h4-9,13,15,18H,1,10-12H2,2-3H3/t15-/m0/s1. The highest BCUT2D eigenvalue weighted by molar-refractivity contribution is 5.67. The lowest BCUT2D eigenvalue weighted by molar-refractivity contribution is -0.166. The van der Waals surface area contributed by atoms with Gasteiger partial charge in [-0.05, 0) is 11.5 Å². The highest BCUT2D eigenvalue weighted by atomic mass is 16.7. The van der Waals surface area contributed by atoms with Gasteiger partial charge in [-0.25, -0.2) is 4.79 Å². The molecular formula is C16H23NO4. The molecule has 5 nitrogen and oxygen atoms in total. The van der Waals surface area contributed by atoms with Crippen molar-refractivity contribution < 1.29 is 19.5 Å². The fourth-order valence-electron chi connectivity index (χ4n) is 1.54. The van der Waals surface area contributed by atoms with Crippen LogP contribution < -0.4 is 0 Å². The Balaban J connectivity index is 2.63. The van der Waals surface area contributed by atoms with Gasteiger partial charge in [-0.1, -0.05) is 50.3 Å². The van der Waals surface area contributed by atoms with Gasteiger partial charge in [0.25, 0.3) is 0 Å². The first-order valence-corrected chi connectivity index (χ1v) is 6.94. The van der Waals surface area contributed by atoms with Crippen LogP contribution in [0.4, 0.5) is 4.79 Å². The van der Waals surface area contributed by atoms with Gasteiger partial charge in [0.15, 0.2) is 0 Å². The summed E-state index contributed by atoms with van der Waals surface area (Å²) >= 11 is 0. The predicted octanol–water partition coefficient (Wildman–Crippen LogP) is 2.76. The summed E-state index contributed by atoms with van der Waals surface area (Å²) in [5, 5.41) is 10.3. The average Bonchev–Trinajstić information content (AvgIpc) is 2.50. The number of benzene rings is 1. The van der Waals surface area contributed by atoms with E-state index < -0.39 is 12.1 Å². The molecule has 0 spiro atoms. The van der Waals surface area contributed by atoms with Crippen LogP contribution in [0.5, 0.6) is 0 Å². The monoisotopic (exact) mass is 293 g/mol. The minimum atomic E-state index is -0.640. The lowest BCUT2D eigenvalue weighted by Crippen LogP contribution is -2.42. The molecule has 0 saturated heterocycles. The molecule has 0 radical (unpaired) electrons. The molecule has 1 atom stereocenters. The van der Waals surface area contributed by atoms with E-state index in [-0.39, 0.29) is 19.1 Å². The van der Waals surface area contributed by atoms with Crippen molar-refractivity contribution >= 4 is 6.09 Å². The summed E-state index contributed by atoms with van der Waals surface area (Å²) in [7, 11) is 0. The van der Waals surface area contributed by atoms with Crippen LogP contribution in [0.3, 0.4) is 0 Å². The third-order valence-corrected chi connectivity index (χ3v) is 2.69. The second kappa shape index (κ2) is 9.15. The van der Waals surface area contributed by atoms with Crippen molar-refractivity contribution in [1.29, 1.82) is 0 Å². The topological polar surface area (TPSA) is 59.0 Å². The second-order valence-electron chi connectivity index (χ2n) is 5.04. The molecule has 0 aliphatic carbocycles. The molecule has 1 aromatic carbocycles. The van der Waals surface area contributed by atoms with Crippen LogP contribution >= 0.6 is 0 Å². The molecule has 0 aliphatic rings. The lowest BCUT2D eigenvalue weighted by Gasteiger charge is -2.27. The Hall–Kier alpha value is -1.85. The number of hydrogen-bond acceptors (Lipinski definition) is 4. The molecule has 5 heteroatoms. The summed E-state index contributed by atoms with van der Waals surface area (Å²) in [5.41, 5.74) is 0.883. The van der Waals surface area contributed by atoms with E-state index in [1.54, 1.807) is 0 Å². The van der Waals surface area contributed by atoms with E-state index in [1.165, 1.54) is 6.08 Å². The van der Waals surface area contributed by atoms with Gasteiger partial charge in [0.1, 0.15) is 12.6 Å². The molecule has 1 N–H and O–H groups in total. The van der Waals surface area contributed by atoms with Gasteiger partial charge in [-0.2, -0.15) is 5.06 Å². The van der Waals surface area contributed by atoms with Crippen molar-refractivity contribution in [2.24, 2.45) is 5.92 Å². The molecule has 1 amide bonds. The molecule has 0 aromatic heterocycles. The summed E-state index contributed by atoms with van der Waals surface area (Å²) in [5.74, 6) is 0.249. The van der Waals surface area contributed by atoms with Crippen molar-refractivity contribution in [2.75, 3.05) is 13.2 Å². The van der Waals surface area contributed by atoms with Crippen LogP contribution in [-0.4, -0.2) is 35.5 Å². The van der Waals surface area contributed by atoms with Crippen LogP contribution in [0.1, 0.15) is 19.4 Å².